The molecule has 4 rings (SSSR count). The molecule has 0 N–H and O–H groups in total. The van der Waals surface area contributed by atoms with E-state index < -0.39 is 0 Å². The van der Waals surface area contributed by atoms with Crippen molar-refractivity contribution >= 4 is 0 Å². The number of rotatable bonds is 1. The number of epoxide rings is 1. The molecule has 1 spiro atoms. The van der Waals surface area contributed by atoms with Crippen LogP contribution in [0.5, 0.6) is 0 Å². The van der Waals surface area contributed by atoms with Crippen molar-refractivity contribution < 1.29 is 4.74 Å². The summed E-state index contributed by atoms with van der Waals surface area (Å²) < 4.78 is 5.96. The molecule has 90 valence electrons. The zero-order valence-corrected chi connectivity index (χ0v) is 11.0. The van der Waals surface area contributed by atoms with Gasteiger partial charge in [0, 0.05) is 5.92 Å². The maximum atomic E-state index is 5.96. The van der Waals surface area contributed by atoms with E-state index in [0.717, 1.165) is 35.0 Å². The molecule has 3 saturated carbocycles. The predicted molar refractivity (Wildman–Crippen MR) is 64.0 cm³/mol. The molecule has 0 aromatic heterocycles. The second-order valence-corrected chi connectivity index (χ2v) is 7.50. The van der Waals surface area contributed by atoms with E-state index in [9.17, 15) is 0 Å². The highest BCUT2D eigenvalue weighted by molar-refractivity contribution is 5.34. The van der Waals surface area contributed by atoms with Gasteiger partial charge in [-0.05, 0) is 55.3 Å². The van der Waals surface area contributed by atoms with Crippen LogP contribution in [0.15, 0.2) is 0 Å². The first-order valence-electron chi connectivity index (χ1n) is 7.19. The fourth-order valence-electron chi connectivity index (χ4n) is 5.87. The summed E-state index contributed by atoms with van der Waals surface area (Å²) in [5.41, 5.74) is 1.04. The van der Waals surface area contributed by atoms with E-state index in [2.05, 4.69) is 27.7 Å². The summed E-state index contributed by atoms with van der Waals surface area (Å²) in [6.07, 6.45) is 4.98. The minimum atomic E-state index is 0.316. The summed E-state index contributed by atoms with van der Waals surface area (Å²) in [4.78, 5) is 0. The van der Waals surface area contributed by atoms with Crippen molar-refractivity contribution in [3.05, 3.63) is 0 Å². The number of hydrogen-bond acceptors (Lipinski definition) is 1. The average Bonchev–Trinajstić information content (AvgIpc) is 3.03. The Morgan fingerprint density at radius 2 is 2.00 bits per heavy atom. The molecular weight excluding hydrogens is 196 g/mol. The van der Waals surface area contributed by atoms with Gasteiger partial charge in [0.25, 0.3) is 0 Å². The fraction of sp³-hybridized carbons (Fsp3) is 1.00. The summed E-state index contributed by atoms with van der Waals surface area (Å²) in [5, 5.41) is 0. The summed E-state index contributed by atoms with van der Waals surface area (Å²) in [5.74, 6) is 4.77. The second-order valence-electron chi connectivity index (χ2n) is 7.50. The Labute approximate surface area is 98.9 Å². The molecule has 3 unspecified atom stereocenters. The maximum Gasteiger partial charge on any atom is 0.0957 e. The van der Waals surface area contributed by atoms with Gasteiger partial charge in [0.15, 0.2) is 0 Å². The lowest BCUT2D eigenvalue weighted by Crippen LogP contribution is -2.28. The maximum absolute atomic E-state index is 5.96. The lowest BCUT2D eigenvalue weighted by atomic mass is 9.70. The van der Waals surface area contributed by atoms with Crippen molar-refractivity contribution in [3.8, 4) is 0 Å². The molecule has 1 aliphatic heterocycles. The smallest absolute Gasteiger partial charge is 0.0957 e. The van der Waals surface area contributed by atoms with Crippen molar-refractivity contribution in [1.82, 2.24) is 0 Å². The number of ether oxygens (including phenoxy) is 1. The van der Waals surface area contributed by atoms with E-state index in [1.807, 2.05) is 0 Å². The van der Waals surface area contributed by atoms with E-state index in [-0.39, 0.29) is 0 Å². The molecular formula is C15H24O. The molecule has 4 fully saturated rings. The Bertz CT molecular complexity index is 349. The van der Waals surface area contributed by atoms with Crippen molar-refractivity contribution in [2.75, 3.05) is 0 Å². The summed E-state index contributed by atoms with van der Waals surface area (Å²) in [7, 11) is 0. The van der Waals surface area contributed by atoms with Gasteiger partial charge in [-0.25, -0.2) is 0 Å². The van der Waals surface area contributed by atoms with Crippen LogP contribution in [-0.4, -0.2) is 11.7 Å². The Balaban J connectivity index is 1.70. The third-order valence-corrected chi connectivity index (χ3v) is 6.75. The van der Waals surface area contributed by atoms with E-state index in [1.54, 1.807) is 0 Å². The second kappa shape index (κ2) is 2.53. The van der Waals surface area contributed by atoms with Gasteiger partial charge < -0.3 is 4.74 Å². The molecule has 0 aromatic carbocycles. The molecule has 0 bridgehead atoms. The molecule has 1 heterocycles. The minimum absolute atomic E-state index is 0.316. The Kier molecular flexibility index (Phi) is 1.57. The normalized spacial score (nSPS) is 66.2. The van der Waals surface area contributed by atoms with Gasteiger partial charge in [-0.15, -0.1) is 0 Å². The van der Waals surface area contributed by atoms with E-state index >= 15 is 0 Å². The first-order chi connectivity index (χ1) is 7.52. The zero-order valence-electron chi connectivity index (χ0n) is 11.0. The van der Waals surface area contributed by atoms with Crippen LogP contribution in [-0.2, 0) is 4.74 Å². The summed E-state index contributed by atoms with van der Waals surface area (Å²) in [6, 6.07) is 0. The highest BCUT2D eigenvalue weighted by atomic mass is 16.6. The highest BCUT2D eigenvalue weighted by Gasteiger charge is 2.87. The highest BCUT2D eigenvalue weighted by Crippen LogP contribution is 2.85. The van der Waals surface area contributed by atoms with Crippen molar-refractivity contribution in [2.45, 2.75) is 58.7 Å². The predicted octanol–water partition coefficient (Wildman–Crippen LogP) is 3.48. The van der Waals surface area contributed by atoms with Gasteiger partial charge in [0.1, 0.15) is 0 Å². The summed E-state index contributed by atoms with van der Waals surface area (Å²) >= 11 is 0. The standard InChI is InChI=1S/C15H24O/c1-8(2)10-6-5-9(3)15-7-11-14(4,16-11)13(15)12(10)15/h8-13H,5-7H2,1-4H3/t9-,10+,11?,12?,13?,14+,15-/m1/s1. The third kappa shape index (κ3) is 0.836. The first kappa shape index (κ1) is 9.94. The largest absolute Gasteiger partial charge is 0.366 e. The van der Waals surface area contributed by atoms with Gasteiger partial charge in [-0.2, -0.15) is 0 Å². The van der Waals surface area contributed by atoms with Crippen LogP contribution in [0.2, 0.25) is 0 Å². The fourth-order valence-corrected chi connectivity index (χ4v) is 5.87. The van der Waals surface area contributed by atoms with E-state index in [0.29, 0.717) is 11.7 Å². The average molecular weight is 220 g/mol. The van der Waals surface area contributed by atoms with Crippen LogP contribution >= 0.6 is 0 Å². The molecule has 1 nitrogen and oxygen atoms in total. The molecule has 0 radical (unpaired) electrons. The topological polar surface area (TPSA) is 12.5 Å². The summed E-state index contributed by atoms with van der Waals surface area (Å²) in [6.45, 7) is 9.75. The number of hydrogen-bond donors (Lipinski definition) is 0. The Morgan fingerprint density at radius 1 is 1.25 bits per heavy atom. The Morgan fingerprint density at radius 3 is 2.69 bits per heavy atom. The third-order valence-electron chi connectivity index (χ3n) is 6.75. The molecule has 16 heavy (non-hydrogen) atoms. The van der Waals surface area contributed by atoms with E-state index in [1.165, 1.54) is 19.3 Å². The van der Waals surface area contributed by atoms with Crippen molar-refractivity contribution in [2.24, 2.45) is 35.0 Å². The van der Waals surface area contributed by atoms with Gasteiger partial charge in [-0.1, -0.05) is 20.8 Å². The zero-order chi connectivity index (χ0) is 11.3. The van der Waals surface area contributed by atoms with Crippen molar-refractivity contribution in [1.29, 1.82) is 0 Å². The SMILES string of the molecule is CC(C)[C@@H]1CC[C@@H](C)[C@@]23CC4O[C@]4(C)C2C13. The lowest BCUT2D eigenvalue weighted by molar-refractivity contribution is 0.124. The van der Waals surface area contributed by atoms with Crippen LogP contribution in [0.3, 0.4) is 0 Å². The van der Waals surface area contributed by atoms with Crippen LogP contribution in [0.4, 0.5) is 0 Å². The molecule has 4 aliphatic rings. The molecule has 0 aromatic rings. The monoisotopic (exact) mass is 220 g/mol. The molecule has 0 amide bonds. The minimum Gasteiger partial charge on any atom is -0.366 e. The lowest BCUT2D eigenvalue weighted by Gasteiger charge is -2.35. The molecule has 1 saturated heterocycles. The Hall–Kier alpha value is -0.0400. The van der Waals surface area contributed by atoms with Crippen LogP contribution < -0.4 is 0 Å². The number of fused-ring (bicyclic) bond motifs is 3. The molecule has 3 aliphatic carbocycles. The van der Waals surface area contributed by atoms with Crippen LogP contribution in [0.1, 0.15) is 47.0 Å². The van der Waals surface area contributed by atoms with E-state index in [4.69, 9.17) is 4.74 Å². The molecule has 1 heteroatoms. The quantitative estimate of drug-likeness (QED) is 0.616. The molecule has 7 atom stereocenters. The van der Waals surface area contributed by atoms with Gasteiger partial charge >= 0.3 is 0 Å². The van der Waals surface area contributed by atoms with Crippen LogP contribution in [0, 0.1) is 35.0 Å². The first-order valence-corrected chi connectivity index (χ1v) is 7.19. The van der Waals surface area contributed by atoms with Crippen LogP contribution in [0.25, 0.3) is 0 Å². The van der Waals surface area contributed by atoms with Crippen molar-refractivity contribution in [3.63, 3.8) is 0 Å². The van der Waals surface area contributed by atoms with Gasteiger partial charge in [0.2, 0.25) is 0 Å². The van der Waals surface area contributed by atoms with Gasteiger partial charge in [0.05, 0.1) is 11.7 Å². The van der Waals surface area contributed by atoms with Gasteiger partial charge in [-0.3, -0.25) is 0 Å².